The normalized spacial score (nSPS) is 21.3. The molecule has 2 N–H and O–H groups in total. The summed E-state index contributed by atoms with van der Waals surface area (Å²) in [6, 6.07) is 8.99. The van der Waals surface area contributed by atoms with Gasteiger partial charge in [-0.2, -0.15) is 25.9 Å². The number of aliphatic hydroxyl groups is 1. The van der Waals surface area contributed by atoms with E-state index in [1.807, 2.05) is 0 Å². The summed E-state index contributed by atoms with van der Waals surface area (Å²) in [4.78, 5) is 13.0. The van der Waals surface area contributed by atoms with Gasteiger partial charge in [0.25, 0.3) is 0 Å². The average molecular weight is 711 g/mol. The molecule has 0 bridgehead atoms. The molecule has 13 nitrogen and oxygen atoms in total. The zero-order valence-corrected chi connectivity index (χ0v) is 27.4. The van der Waals surface area contributed by atoms with E-state index < -0.39 is 62.3 Å². The highest BCUT2D eigenvalue weighted by molar-refractivity contribution is 7.89. The number of hydrogen-bond acceptors (Lipinski definition) is 11. The van der Waals surface area contributed by atoms with Crippen LogP contribution in [0.4, 0.5) is 18.0 Å². The number of carbonyl (C=O) groups excluding carboxylic acids is 1. The van der Waals surface area contributed by atoms with Gasteiger partial charge in [0.05, 0.1) is 56.0 Å². The van der Waals surface area contributed by atoms with Gasteiger partial charge in [0.15, 0.2) is 0 Å². The minimum absolute atomic E-state index is 0.0186. The molecule has 0 spiro atoms. The number of halogens is 3. The Labute approximate surface area is 271 Å². The topological polar surface area (TPSA) is 167 Å². The number of amides is 1. The van der Waals surface area contributed by atoms with Crippen LogP contribution in [0, 0.1) is 11.8 Å². The van der Waals surface area contributed by atoms with E-state index in [1.54, 1.807) is 13.8 Å². The van der Waals surface area contributed by atoms with Crippen molar-refractivity contribution < 1.29 is 63.0 Å². The number of carbonyl (C=O) groups is 1. The van der Waals surface area contributed by atoms with E-state index in [1.165, 1.54) is 43.5 Å². The maximum absolute atomic E-state index is 13.7. The number of methoxy groups -OCH3 is 1. The molecule has 0 aromatic heterocycles. The van der Waals surface area contributed by atoms with E-state index in [9.17, 15) is 39.9 Å². The van der Waals surface area contributed by atoms with Gasteiger partial charge >= 0.3 is 21.7 Å². The Bertz CT molecular complexity index is 1570. The van der Waals surface area contributed by atoms with Crippen molar-refractivity contribution in [2.24, 2.45) is 11.8 Å². The molecule has 0 radical (unpaired) electrons. The van der Waals surface area contributed by atoms with Gasteiger partial charge in [-0.3, -0.25) is 0 Å². The summed E-state index contributed by atoms with van der Waals surface area (Å²) in [5, 5.41) is 14.0. The monoisotopic (exact) mass is 710 g/mol. The van der Waals surface area contributed by atoms with Crippen LogP contribution in [0.25, 0.3) is 0 Å². The standard InChI is InChI=1S/C29H37F3N2O11S2/c1-18(2)13-34(46(37,38)22-10-8-20(41-3)9-11-22)14-25(35)24(33-28(36)44-27-17-43-26-16-42-15-23(26)27)12-19-4-6-21(7-5-19)45-47(39,40)29(30,31)32/h4-11,18,23-27,35H,12-17H2,1-3H3,(H,33,36)/t23-,24+,25-,26+,27+/m1/s1. The van der Waals surface area contributed by atoms with E-state index in [-0.39, 0.29) is 42.4 Å². The number of sulfonamides is 1. The Kier molecular flexibility index (Phi) is 11.7. The summed E-state index contributed by atoms with van der Waals surface area (Å²) in [5.74, 6) is -0.506. The van der Waals surface area contributed by atoms with E-state index in [0.29, 0.717) is 24.5 Å². The predicted molar refractivity (Wildman–Crippen MR) is 160 cm³/mol. The summed E-state index contributed by atoms with van der Waals surface area (Å²) in [5.41, 5.74) is -5.29. The number of rotatable bonds is 14. The smallest absolute Gasteiger partial charge is 0.497 e. The molecule has 0 unspecified atom stereocenters. The van der Waals surface area contributed by atoms with Gasteiger partial charge in [0.1, 0.15) is 17.6 Å². The Morgan fingerprint density at radius 3 is 2.23 bits per heavy atom. The van der Waals surface area contributed by atoms with Crippen LogP contribution < -0.4 is 14.2 Å². The van der Waals surface area contributed by atoms with Crippen LogP contribution in [0.2, 0.25) is 0 Å². The largest absolute Gasteiger partial charge is 0.534 e. The lowest BCUT2D eigenvalue weighted by molar-refractivity contribution is -0.0500. The van der Waals surface area contributed by atoms with E-state index in [4.69, 9.17) is 18.9 Å². The molecule has 4 rings (SSSR count). The molecule has 18 heteroatoms. The molecule has 2 fully saturated rings. The van der Waals surface area contributed by atoms with Crippen molar-refractivity contribution in [1.29, 1.82) is 0 Å². The van der Waals surface area contributed by atoms with E-state index in [2.05, 4.69) is 9.50 Å². The number of alkyl halides is 3. The fourth-order valence-corrected chi connectivity index (χ4v) is 7.24. The summed E-state index contributed by atoms with van der Waals surface area (Å²) < 4.78 is 115. The number of alkyl carbamates (subject to hydrolysis) is 1. The van der Waals surface area contributed by atoms with E-state index in [0.717, 1.165) is 16.4 Å². The van der Waals surface area contributed by atoms with Crippen molar-refractivity contribution in [1.82, 2.24) is 9.62 Å². The lowest BCUT2D eigenvalue weighted by Gasteiger charge is -2.31. The Morgan fingerprint density at radius 1 is 1.00 bits per heavy atom. The maximum Gasteiger partial charge on any atom is 0.534 e. The van der Waals surface area contributed by atoms with E-state index >= 15 is 0 Å². The molecular weight excluding hydrogens is 673 g/mol. The molecule has 2 aromatic carbocycles. The molecule has 2 aliphatic heterocycles. The Balaban J connectivity index is 1.55. The molecule has 2 aromatic rings. The summed E-state index contributed by atoms with van der Waals surface area (Å²) >= 11 is 0. The molecule has 47 heavy (non-hydrogen) atoms. The van der Waals surface area contributed by atoms with Gasteiger partial charge < -0.3 is 33.6 Å². The Hall–Kier alpha value is -3.16. The maximum atomic E-state index is 13.7. The number of benzene rings is 2. The molecule has 2 saturated heterocycles. The average Bonchev–Trinajstić information content (AvgIpc) is 3.61. The highest BCUT2D eigenvalue weighted by atomic mass is 32.2. The second kappa shape index (κ2) is 14.9. The molecule has 2 aliphatic rings. The van der Waals surface area contributed by atoms with Crippen LogP contribution in [-0.2, 0) is 40.8 Å². The highest BCUT2D eigenvalue weighted by Gasteiger charge is 2.48. The number of nitrogens with zero attached hydrogens (tertiary/aromatic N) is 1. The molecule has 0 aliphatic carbocycles. The molecule has 262 valence electrons. The quantitative estimate of drug-likeness (QED) is 0.219. The molecule has 5 atom stereocenters. The summed E-state index contributed by atoms with van der Waals surface area (Å²) in [7, 11) is -8.60. The summed E-state index contributed by atoms with van der Waals surface area (Å²) in [6.07, 6.45) is -3.43. The third-order valence-electron chi connectivity index (χ3n) is 7.57. The number of ether oxygens (including phenoxy) is 4. The van der Waals surface area contributed by atoms with Crippen LogP contribution >= 0.6 is 0 Å². The van der Waals surface area contributed by atoms with Crippen molar-refractivity contribution in [3.05, 3.63) is 54.1 Å². The number of aliphatic hydroxyl groups excluding tert-OH is 1. The first-order chi connectivity index (χ1) is 22.0. The SMILES string of the molecule is COc1ccc(S(=O)(=O)N(CC(C)C)C[C@@H](O)[C@H](Cc2ccc(OS(=O)(=O)C(F)(F)F)cc2)NC(=O)O[C@H]2CO[C@H]3COC[C@H]32)cc1. The zero-order valence-electron chi connectivity index (χ0n) is 25.8. The van der Waals surface area contributed by atoms with Gasteiger partial charge in [-0.1, -0.05) is 26.0 Å². The Morgan fingerprint density at radius 2 is 1.64 bits per heavy atom. The van der Waals surface area contributed by atoms with Crippen LogP contribution in [0.5, 0.6) is 11.5 Å². The first kappa shape index (κ1) is 36.7. The first-order valence-electron chi connectivity index (χ1n) is 14.6. The highest BCUT2D eigenvalue weighted by Crippen LogP contribution is 2.30. The third-order valence-corrected chi connectivity index (χ3v) is 10.4. The molecule has 0 saturated carbocycles. The number of fused-ring (bicyclic) bond motifs is 1. The fourth-order valence-electron chi connectivity index (χ4n) is 5.16. The van der Waals surface area contributed by atoms with Crippen LogP contribution in [-0.4, -0.2) is 102 Å². The van der Waals surface area contributed by atoms with Gasteiger partial charge in [0.2, 0.25) is 10.0 Å². The van der Waals surface area contributed by atoms with Crippen molar-refractivity contribution in [2.45, 2.75) is 55.0 Å². The van der Waals surface area contributed by atoms with Crippen molar-refractivity contribution >= 4 is 26.2 Å². The second-order valence-corrected chi connectivity index (χ2v) is 15.0. The predicted octanol–water partition coefficient (Wildman–Crippen LogP) is 2.68. The van der Waals surface area contributed by atoms with Gasteiger partial charge in [-0.05, 0) is 54.3 Å². The van der Waals surface area contributed by atoms with Crippen molar-refractivity contribution in [2.75, 3.05) is 40.0 Å². The second-order valence-electron chi connectivity index (χ2n) is 11.6. The fraction of sp³-hybridized carbons (Fsp3) is 0.552. The van der Waals surface area contributed by atoms with Crippen molar-refractivity contribution in [3.63, 3.8) is 0 Å². The number of nitrogens with one attached hydrogen (secondary N) is 1. The zero-order chi connectivity index (χ0) is 34.6. The molecular formula is C29H37F3N2O11S2. The van der Waals surface area contributed by atoms with Gasteiger partial charge in [-0.25, -0.2) is 13.2 Å². The van der Waals surface area contributed by atoms with Crippen molar-refractivity contribution in [3.8, 4) is 11.5 Å². The van der Waals surface area contributed by atoms with Gasteiger partial charge in [-0.15, -0.1) is 0 Å². The summed E-state index contributed by atoms with van der Waals surface area (Å²) in [6.45, 7) is 4.00. The molecule has 2 heterocycles. The van der Waals surface area contributed by atoms with Crippen LogP contribution in [0.1, 0.15) is 19.4 Å². The van der Waals surface area contributed by atoms with Crippen LogP contribution in [0.3, 0.4) is 0 Å². The lowest BCUT2D eigenvalue weighted by atomic mass is 10.0. The lowest BCUT2D eigenvalue weighted by Crippen LogP contribution is -2.51. The minimum atomic E-state index is -5.90. The van der Waals surface area contributed by atoms with Gasteiger partial charge in [0, 0.05) is 13.1 Å². The minimum Gasteiger partial charge on any atom is -0.497 e. The molecule has 1 amide bonds. The first-order valence-corrected chi connectivity index (χ1v) is 17.4. The third kappa shape index (κ3) is 9.26. The van der Waals surface area contributed by atoms with Crippen LogP contribution in [0.15, 0.2) is 53.4 Å². The number of hydrogen-bond donors (Lipinski definition) is 2.